The van der Waals surface area contributed by atoms with Crippen molar-refractivity contribution in [2.75, 3.05) is 20.3 Å². The minimum Gasteiger partial charge on any atom is -0.493 e. The van der Waals surface area contributed by atoms with Crippen LogP contribution in [0.25, 0.3) is 0 Å². The van der Waals surface area contributed by atoms with Crippen LogP contribution in [0, 0.1) is 0 Å². The lowest BCUT2D eigenvalue weighted by atomic mass is 9.77. The van der Waals surface area contributed by atoms with Gasteiger partial charge in [0.1, 0.15) is 18.5 Å². The number of allylic oxidation sites excluding steroid dienone is 1. The van der Waals surface area contributed by atoms with Gasteiger partial charge < -0.3 is 34.3 Å². The van der Waals surface area contributed by atoms with Crippen LogP contribution in [-0.2, 0) is 16.1 Å². The Kier molecular flexibility index (Phi) is 9.21. The Morgan fingerprint density at radius 1 is 1.28 bits per heavy atom. The number of methoxy groups -OCH3 is 1. The summed E-state index contributed by atoms with van der Waals surface area (Å²) in [6, 6.07) is 3.99. The number of hydrogen-bond donors (Lipinski definition) is 3. The van der Waals surface area contributed by atoms with E-state index in [1.165, 1.54) is 25.7 Å². The van der Waals surface area contributed by atoms with Crippen LogP contribution >= 0.6 is 0 Å². The molecule has 3 N–H and O–H groups in total. The van der Waals surface area contributed by atoms with Gasteiger partial charge in [0.15, 0.2) is 11.5 Å². The number of furan rings is 1. The highest BCUT2D eigenvalue weighted by Crippen LogP contribution is 2.51. The first kappa shape index (κ1) is 28.1. The molecule has 0 saturated heterocycles. The van der Waals surface area contributed by atoms with Gasteiger partial charge in [-0.15, -0.1) is 6.58 Å². The second-order valence-electron chi connectivity index (χ2n) is 9.59. The monoisotopic (exact) mass is 538 g/mol. The molecule has 4 rings (SSSR count). The summed E-state index contributed by atoms with van der Waals surface area (Å²) in [6.45, 7) is 3.64. The van der Waals surface area contributed by atoms with Gasteiger partial charge in [-0.25, -0.2) is 0 Å². The summed E-state index contributed by atoms with van der Waals surface area (Å²) in [6.07, 6.45) is 7.46. The summed E-state index contributed by atoms with van der Waals surface area (Å²) < 4.78 is 16.9. The number of benzene rings is 1. The average molecular weight is 539 g/mol. The van der Waals surface area contributed by atoms with Gasteiger partial charge in [-0.2, -0.15) is 0 Å². The maximum atomic E-state index is 13.5. The summed E-state index contributed by atoms with van der Waals surface area (Å²) in [4.78, 5) is 40.1. The van der Waals surface area contributed by atoms with Crippen LogP contribution in [-0.4, -0.2) is 71.7 Å². The second-order valence-corrected chi connectivity index (χ2v) is 9.59. The third-order valence-corrected chi connectivity index (χ3v) is 7.07. The second kappa shape index (κ2) is 12.8. The van der Waals surface area contributed by atoms with Crippen LogP contribution in [0.5, 0.6) is 11.5 Å². The Balaban J connectivity index is 1.76. The number of amides is 2. The van der Waals surface area contributed by atoms with E-state index in [-0.39, 0.29) is 37.6 Å². The molecular weight excluding hydrogens is 504 g/mol. The quantitative estimate of drug-likeness (QED) is 0.201. The number of aliphatic hydroxyl groups excluding tert-OH is 2. The van der Waals surface area contributed by atoms with E-state index in [1.807, 2.05) is 0 Å². The molecule has 2 aliphatic rings. The van der Waals surface area contributed by atoms with Gasteiger partial charge in [0.05, 0.1) is 38.2 Å². The molecule has 10 heteroatoms. The molecule has 2 heterocycles. The van der Waals surface area contributed by atoms with Gasteiger partial charge in [0, 0.05) is 41.8 Å². The zero-order valence-electron chi connectivity index (χ0n) is 21.9. The Labute approximate surface area is 226 Å². The molecule has 0 spiro atoms. The van der Waals surface area contributed by atoms with Crippen molar-refractivity contribution in [3.8, 4) is 11.5 Å². The SMILES string of the molecule is C=CCCCCC(=O)N(Cc1ccoc1)[C@@H]1C=C(C(=O)NCCO)[C@@H]2c3cc(C=O)cc(OC)c3O[C@@H]2[C@H]1O. The van der Waals surface area contributed by atoms with Crippen LogP contribution in [0.3, 0.4) is 0 Å². The molecule has 1 aliphatic heterocycles. The summed E-state index contributed by atoms with van der Waals surface area (Å²) in [5, 5.41) is 23.6. The number of fused-ring (bicyclic) bond motifs is 3. The molecule has 0 radical (unpaired) electrons. The molecule has 2 aromatic rings. The molecular formula is C29H34N2O8. The lowest BCUT2D eigenvalue weighted by Gasteiger charge is -2.40. The van der Waals surface area contributed by atoms with Crippen LogP contribution in [0.15, 0.2) is 59.4 Å². The molecule has 0 unspecified atom stereocenters. The van der Waals surface area contributed by atoms with E-state index < -0.39 is 30.1 Å². The largest absolute Gasteiger partial charge is 0.493 e. The molecule has 0 fully saturated rings. The van der Waals surface area contributed by atoms with Gasteiger partial charge in [0.25, 0.3) is 0 Å². The van der Waals surface area contributed by atoms with Crippen molar-refractivity contribution < 1.29 is 38.5 Å². The Hall–Kier alpha value is -3.89. The van der Waals surface area contributed by atoms with Crippen LogP contribution in [0.1, 0.15) is 53.1 Å². The van der Waals surface area contributed by atoms with E-state index in [2.05, 4.69) is 11.9 Å². The zero-order chi connectivity index (χ0) is 27.9. The highest BCUT2D eigenvalue weighted by Gasteiger charge is 2.51. The van der Waals surface area contributed by atoms with Crippen molar-refractivity contribution in [1.29, 1.82) is 0 Å². The maximum Gasteiger partial charge on any atom is 0.247 e. The first-order chi connectivity index (χ1) is 18.9. The van der Waals surface area contributed by atoms with Crippen molar-refractivity contribution in [2.45, 2.75) is 56.4 Å². The predicted molar refractivity (Wildman–Crippen MR) is 141 cm³/mol. The van der Waals surface area contributed by atoms with Crippen molar-refractivity contribution in [1.82, 2.24) is 10.2 Å². The van der Waals surface area contributed by atoms with Gasteiger partial charge in [-0.05, 0) is 43.5 Å². The minimum atomic E-state index is -1.20. The van der Waals surface area contributed by atoms with Crippen LogP contribution in [0.2, 0.25) is 0 Å². The third kappa shape index (κ3) is 5.91. The first-order valence-corrected chi connectivity index (χ1v) is 13.0. The molecule has 10 nitrogen and oxygen atoms in total. The Morgan fingerprint density at radius 2 is 2.10 bits per heavy atom. The normalized spacial score (nSPS) is 21.2. The topological polar surface area (TPSA) is 139 Å². The Morgan fingerprint density at radius 3 is 2.77 bits per heavy atom. The van der Waals surface area contributed by atoms with E-state index in [1.54, 1.807) is 29.2 Å². The van der Waals surface area contributed by atoms with E-state index in [0.717, 1.165) is 18.4 Å². The van der Waals surface area contributed by atoms with Gasteiger partial charge >= 0.3 is 0 Å². The number of hydrogen-bond acceptors (Lipinski definition) is 8. The average Bonchev–Trinajstić information content (AvgIpc) is 3.61. The molecule has 208 valence electrons. The van der Waals surface area contributed by atoms with E-state index in [0.29, 0.717) is 35.3 Å². The lowest BCUT2D eigenvalue weighted by Crippen LogP contribution is -2.55. The fourth-order valence-corrected chi connectivity index (χ4v) is 5.21. The number of nitrogens with one attached hydrogen (secondary N) is 1. The van der Waals surface area contributed by atoms with Gasteiger partial charge in [0.2, 0.25) is 11.8 Å². The molecule has 1 aromatic heterocycles. The number of carbonyl (C=O) groups excluding carboxylic acids is 3. The molecule has 2 amide bonds. The van der Waals surface area contributed by atoms with E-state index >= 15 is 0 Å². The van der Waals surface area contributed by atoms with E-state index in [9.17, 15) is 24.6 Å². The number of rotatable bonds is 13. The van der Waals surface area contributed by atoms with Crippen LogP contribution < -0.4 is 14.8 Å². The highest BCUT2D eigenvalue weighted by molar-refractivity contribution is 5.96. The molecule has 0 bridgehead atoms. The first-order valence-electron chi connectivity index (χ1n) is 13.0. The number of carbonyl (C=O) groups is 3. The summed E-state index contributed by atoms with van der Waals surface area (Å²) in [5.74, 6) is -0.751. The molecule has 1 aromatic carbocycles. The molecule has 0 saturated carbocycles. The summed E-state index contributed by atoms with van der Waals surface area (Å²) >= 11 is 0. The zero-order valence-corrected chi connectivity index (χ0v) is 21.9. The number of unbranched alkanes of at least 4 members (excludes halogenated alkanes) is 2. The highest BCUT2D eigenvalue weighted by atomic mass is 16.5. The number of ether oxygens (including phenoxy) is 2. The Bertz CT molecular complexity index is 1220. The number of aldehydes is 1. The maximum absolute atomic E-state index is 13.5. The fourth-order valence-electron chi connectivity index (χ4n) is 5.21. The standard InChI is InChI=1S/C29H34N2O8/c1-3-4-5-6-7-24(34)31(15-18-8-11-38-17-18)22-14-21(29(36)30-9-10-32)25-20-12-19(16-33)13-23(37-2)27(20)39-28(25)26(22)35/h3,8,11-14,16-17,22,25-26,28,32,35H,1,4-7,9-10,15H2,2H3,(H,30,36)/t22-,25+,26+,28+/m1/s1. The minimum absolute atomic E-state index is 0.0210. The number of aliphatic hydroxyl groups is 2. The number of nitrogens with zero attached hydrogens (tertiary/aromatic N) is 1. The summed E-state index contributed by atoms with van der Waals surface area (Å²) in [7, 11) is 1.44. The fraction of sp³-hybridized carbons (Fsp3) is 0.414. The van der Waals surface area contributed by atoms with E-state index in [4.69, 9.17) is 13.9 Å². The molecule has 39 heavy (non-hydrogen) atoms. The van der Waals surface area contributed by atoms with Gasteiger partial charge in [-0.3, -0.25) is 14.4 Å². The third-order valence-electron chi connectivity index (χ3n) is 7.07. The van der Waals surface area contributed by atoms with Gasteiger partial charge in [-0.1, -0.05) is 6.08 Å². The smallest absolute Gasteiger partial charge is 0.247 e. The van der Waals surface area contributed by atoms with Crippen molar-refractivity contribution in [3.63, 3.8) is 0 Å². The molecule has 1 aliphatic carbocycles. The van der Waals surface area contributed by atoms with Crippen LogP contribution in [0.4, 0.5) is 0 Å². The summed E-state index contributed by atoms with van der Waals surface area (Å²) in [5.41, 5.74) is 1.86. The predicted octanol–water partition coefficient (Wildman–Crippen LogP) is 2.50. The van der Waals surface area contributed by atoms with Crippen molar-refractivity contribution in [2.24, 2.45) is 0 Å². The van der Waals surface area contributed by atoms with Crippen molar-refractivity contribution in [3.05, 3.63) is 71.7 Å². The van der Waals surface area contributed by atoms with Crippen molar-refractivity contribution >= 4 is 18.1 Å². The lowest BCUT2D eigenvalue weighted by molar-refractivity contribution is -0.138. The molecule has 4 atom stereocenters.